The fraction of sp³-hybridized carbons (Fsp3) is 0.400. The van der Waals surface area contributed by atoms with E-state index in [1.807, 2.05) is 12.1 Å². The van der Waals surface area contributed by atoms with Gasteiger partial charge in [-0.2, -0.15) is 5.10 Å². The van der Waals surface area contributed by atoms with Crippen molar-refractivity contribution in [3.05, 3.63) is 35.6 Å². The molecule has 0 aliphatic heterocycles. The van der Waals surface area contributed by atoms with Crippen LogP contribution < -0.4 is 0 Å². The molecule has 14 heavy (non-hydrogen) atoms. The van der Waals surface area contributed by atoms with Crippen LogP contribution in [0.15, 0.2) is 24.8 Å². The van der Waals surface area contributed by atoms with E-state index in [2.05, 4.69) is 16.8 Å². The molecule has 0 N–H and O–H groups in total. The number of hydrogen-bond acceptors (Lipinski definition) is 3. The molecule has 0 aliphatic carbocycles. The Morgan fingerprint density at radius 2 is 2.29 bits per heavy atom. The summed E-state index contributed by atoms with van der Waals surface area (Å²) in [5, 5.41) is 7.99. The molecule has 0 spiro atoms. The van der Waals surface area contributed by atoms with Gasteiger partial charge in [0.2, 0.25) is 0 Å². The highest BCUT2D eigenvalue weighted by atomic mass is 35.5. The van der Waals surface area contributed by atoms with Crippen LogP contribution in [-0.2, 0) is 11.3 Å². The summed E-state index contributed by atoms with van der Waals surface area (Å²) in [6, 6.07) is 3.51. The van der Waals surface area contributed by atoms with Crippen LogP contribution in [0.25, 0.3) is 0 Å². The van der Waals surface area contributed by atoms with E-state index in [4.69, 9.17) is 16.3 Å². The van der Waals surface area contributed by atoms with E-state index in [0.717, 1.165) is 25.1 Å². The third-order valence-electron chi connectivity index (χ3n) is 1.63. The number of ether oxygens (including phenoxy) is 1. The molecule has 0 saturated heterocycles. The highest BCUT2D eigenvalue weighted by Crippen LogP contribution is 2.03. The minimum Gasteiger partial charge on any atom is -0.375 e. The van der Waals surface area contributed by atoms with Gasteiger partial charge >= 0.3 is 0 Å². The van der Waals surface area contributed by atoms with Gasteiger partial charge in [-0.15, -0.1) is 11.7 Å². The topological polar surface area (TPSA) is 35.0 Å². The maximum absolute atomic E-state index is 5.59. The first kappa shape index (κ1) is 11.1. The molecule has 76 valence electrons. The first-order valence-electron chi connectivity index (χ1n) is 4.49. The van der Waals surface area contributed by atoms with Crippen LogP contribution in [0.2, 0.25) is 5.15 Å². The molecule has 0 radical (unpaired) electrons. The zero-order valence-electron chi connectivity index (χ0n) is 7.95. The molecule has 0 atom stereocenters. The quantitative estimate of drug-likeness (QED) is 0.537. The number of nitrogens with zero attached hydrogens (tertiary/aromatic N) is 2. The Kier molecular flexibility index (Phi) is 5.19. The molecule has 1 rings (SSSR count). The number of aromatic nitrogens is 2. The average Bonchev–Trinajstić information content (AvgIpc) is 2.21. The molecule has 4 heteroatoms. The molecule has 0 amide bonds. The molecule has 1 heterocycles. The summed E-state index contributed by atoms with van der Waals surface area (Å²) in [5.41, 5.74) is 0.799. The fourth-order valence-electron chi connectivity index (χ4n) is 0.927. The zero-order chi connectivity index (χ0) is 10.2. The third kappa shape index (κ3) is 4.35. The van der Waals surface area contributed by atoms with Crippen LogP contribution >= 0.6 is 11.6 Å². The van der Waals surface area contributed by atoms with Gasteiger partial charge in [0.1, 0.15) is 0 Å². The van der Waals surface area contributed by atoms with Gasteiger partial charge in [0.05, 0.1) is 12.3 Å². The van der Waals surface area contributed by atoms with Crippen molar-refractivity contribution in [2.45, 2.75) is 19.4 Å². The lowest BCUT2D eigenvalue weighted by Crippen LogP contribution is -1.98. The third-order valence-corrected chi connectivity index (χ3v) is 1.84. The minimum atomic E-state index is 0.403. The first-order chi connectivity index (χ1) is 6.83. The van der Waals surface area contributed by atoms with E-state index < -0.39 is 0 Å². The smallest absolute Gasteiger partial charge is 0.151 e. The summed E-state index contributed by atoms with van der Waals surface area (Å²) in [5.74, 6) is 0. The summed E-state index contributed by atoms with van der Waals surface area (Å²) in [6.07, 6.45) is 3.85. The van der Waals surface area contributed by atoms with Crippen LogP contribution in [-0.4, -0.2) is 16.8 Å². The zero-order valence-corrected chi connectivity index (χ0v) is 8.70. The van der Waals surface area contributed by atoms with Crippen LogP contribution in [0.3, 0.4) is 0 Å². The molecule has 0 unspecified atom stereocenters. The van der Waals surface area contributed by atoms with Crippen molar-refractivity contribution < 1.29 is 4.74 Å². The first-order valence-corrected chi connectivity index (χ1v) is 4.87. The SMILES string of the molecule is C=CCCCOCc1ccc(Cl)nn1. The molecule has 0 saturated carbocycles. The predicted molar refractivity (Wildman–Crippen MR) is 56.1 cm³/mol. The monoisotopic (exact) mass is 212 g/mol. The number of rotatable bonds is 6. The average molecular weight is 213 g/mol. The Balaban J connectivity index is 2.18. The highest BCUT2D eigenvalue weighted by molar-refractivity contribution is 6.29. The Morgan fingerprint density at radius 1 is 1.43 bits per heavy atom. The fourth-order valence-corrected chi connectivity index (χ4v) is 1.03. The van der Waals surface area contributed by atoms with Gasteiger partial charge in [-0.05, 0) is 25.0 Å². The largest absolute Gasteiger partial charge is 0.375 e. The molecule has 1 aromatic heterocycles. The van der Waals surface area contributed by atoms with E-state index in [0.29, 0.717) is 11.8 Å². The van der Waals surface area contributed by atoms with Crippen molar-refractivity contribution in [1.82, 2.24) is 10.2 Å². The van der Waals surface area contributed by atoms with Crippen LogP contribution in [0.1, 0.15) is 18.5 Å². The lowest BCUT2D eigenvalue weighted by Gasteiger charge is -2.01. The Morgan fingerprint density at radius 3 is 2.93 bits per heavy atom. The van der Waals surface area contributed by atoms with Gasteiger partial charge < -0.3 is 4.74 Å². The van der Waals surface area contributed by atoms with Crippen molar-refractivity contribution in [3.8, 4) is 0 Å². The number of unbranched alkanes of at least 4 members (excludes halogenated alkanes) is 1. The summed E-state index contributed by atoms with van der Waals surface area (Å²) < 4.78 is 5.37. The molecule has 3 nitrogen and oxygen atoms in total. The summed E-state index contributed by atoms with van der Waals surface area (Å²) >= 11 is 5.59. The van der Waals surface area contributed by atoms with Gasteiger partial charge in [-0.1, -0.05) is 17.7 Å². The molecule has 0 aromatic carbocycles. The highest BCUT2D eigenvalue weighted by Gasteiger charge is 1.95. The maximum Gasteiger partial charge on any atom is 0.151 e. The standard InChI is InChI=1S/C10H13ClN2O/c1-2-3-4-7-14-8-9-5-6-10(11)13-12-9/h2,5-6H,1,3-4,7-8H2. The van der Waals surface area contributed by atoms with E-state index in [9.17, 15) is 0 Å². The Hall–Kier alpha value is -0.930. The van der Waals surface area contributed by atoms with Gasteiger partial charge in [0.15, 0.2) is 5.15 Å². The Labute approximate surface area is 88.8 Å². The molecule has 1 aromatic rings. The lowest BCUT2D eigenvalue weighted by molar-refractivity contribution is 0.116. The minimum absolute atomic E-state index is 0.403. The van der Waals surface area contributed by atoms with Crippen molar-refractivity contribution in [1.29, 1.82) is 0 Å². The van der Waals surface area contributed by atoms with Crippen molar-refractivity contribution in [3.63, 3.8) is 0 Å². The van der Waals surface area contributed by atoms with Crippen molar-refractivity contribution in [2.75, 3.05) is 6.61 Å². The maximum atomic E-state index is 5.59. The molecule has 0 fully saturated rings. The van der Waals surface area contributed by atoms with Crippen LogP contribution in [0.5, 0.6) is 0 Å². The molecule has 0 bridgehead atoms. The lowest BCUT2D eigenvalue weighted by atomic mass is 10.3. The summed E-state index contributed by atoms with van der Waals surface area (Å²) in [6.45, 7) is 4.84. The predicted octanol–water partition coefficient (Wildman–Crippen LogP) is 2.61. The normalized spacial score (nSPS) is 10.1. The summed E-state index contributed by atoms with van der Waals surface area (Å²) in [7, 11) is 0. The van der Waals surface area contributed by atoms with E-state index >= 15 is 0 Å². The number of hydrogen-bond donors (Lipinski definition) is 0. The van der Waals surface area contributed by atoms with Crippen LogP contribution in [0.4, 0.5) is 0 Å². The number of allylic oxidation sites excluding steroid dienone is 1. The molecule has 0 aliphatic rings. The number of halogens is 1. The van der Waals surface area contributed by atoms with Gasteiger partial charge in [-0.3, -0.25) is 0 Å². The second-order valence-corrected chi connectivity index (χ2v) is 3.22. The van der Waals surface area contributed by atoms with Gasteiger partial charge in [-0.25, -0.2) is 0 Å². The summed E-state index contributed by atoms with van der Waals surface area (Å²) in [4.78, 5) is 0. The molecular weight excluding hydrogens is 200 g/mol. The van der Waals surface area contributed by atoms with Crippen LogP contribution in [0, 0.1) is 0 Å². The molecular formula is C10H13ClN2O. The van der Waals surface area contributed by atoms with Crippen molar-refractivity contribution >= 4 is 11.6 Å². The second kappa shape index (κ2) is 6.51. The second-order valence-electron chi connectivity index (χ2n) is 2.83. The van der Waals surface area contributed by atoms with E-state index in [-0.39, 0.29) is 0 Å². The van der Waals surface area contributed by atoms with E-state index in [1.165, 1.54) is 0 Å². The van der Waals surface area contributed by atoms with E-state index in [1.54, 1.807) is 6.07 Å². The van der Waals surface area contributed by atoms with Crippen molar-refractivity contribution in [2.24, 2.45) is 0 Å². The van der Waals surface area contributed by atoms with Gasteiger partial charge in [0, 0.05) is 6.61 Å². The Bertz CT molecular complexity index is 274. The van der Waals surface area contributed by atoms with Gasteiger partial charge in [0.25, 0.3) is 0 Å².